The van der Waals surface area contributed by atoms with Gasteiger partial charge in [-0.25, -0.2) is 4.98 Å². The molecule has 6 heteroatoms. The summed E-state index contributed by atoms with van der Waals surface area (Å²) in [5, 5.41) is 7.58. The lowest BCUT2D eigenvalue weighted by Crippen LogP contribution is -1.94. The Kier molecular flexibility index (Phi) is 5.91. The molecule has 0 saturated carbocycles. The normalized spacial score (nSPS) is 11.1. The summed E-state index contributed by atoms with van der Waals surface area (Å²) in [5.41, 5.74) is 8.45. The van der Waals surface area contributed by atoms with Gasteiger partial charge in [-0.15, -0.1) is 11.3 Å². The van der Waals surface area contributed by atoms with Crippen LogP contribution < -0.4 is 10.2 Å². The van der Waals surface area contributed by atoms with Crippen LogP contribution in [0.1, 0.15) is 23.6 Å². The molecule has 0 aliphatic heterocycles. The molecule has 3 rings (SSSR count). The number of nitrogens with one attached hydrogen (secondary N) is 1. The molecule has 0 fully saturated rings. The van der Waals surface area contributed by atoms with Crippen LogP contribution in [0.3, 0.4) is 0 Å². The van der Waals surface area contributed by atoms with Crippen molar-refractivity contribution in [2.24, 2.45) is 5.10 Å². The number of anilines is 1. The van der Waals surface area contributed by atoms with Gasteiger partial charge in [-0.3, -0.25) is 5.43 Å². The maximum Gasteiger partial charge on any atom is 0.203 e. The third-order valence-electron chi connectivity index (χ3n) is 3.94. The van der Waals surface area contributed by atoms with Crippen LogP contribution in [-0.2, 0) is 0 Å². The highest BCUT2D eigenvalue weighted by Gasteiger charge is 2.05. The van der Waals surface area contributed by atoms with Gasteiger partial charge in [0.1, 0.15) is 5.75 Å². The van der Waals surface area contributed by atoms with Crippen LogP contribution in [0.2, 0.25) is 5.02 Å². The number of hydrazone groups is 1. The lowest BCUT2D eigenvalue weighted by molar-refractivity contribution is 0.340. The van der Waals surface area contributed by atoms with Crippen LogP contribution in [0.15, 0.2) is 46.9 Å². The summed E-state index contributed by atoms with van der Waals surface area (Å²) < 4.78 is 5.43. The topological polar surface area (TPSA) is 46.5 Å². The van der Waals surface area contributed by atoms with Gasteiger partial charge < -0.3 is 4.74 Å². The van der Waals surface area contributed by atoms with E-state index in [-0.39, 0.29) is 0 Å². The van der Waals surface area contributed by atoms with Crippen molar-refractivity contribution in [3.8, 4) is 17.0 Å². The van der Waals surface area contributed by atoms with Crippen LogP contribution >= 0.6 is 22.9 Å². The van der Waals surface area contributed by atoms with Gasteiger partial charge in [-0.2, -0.15) is 5.10 Å². The van der Waals surface area contributed by atoms with E-state index < -0.39 is 0 Å². The maximum absolute atomic E-state index is 6.18. The highest BCUT2D eigenvalue weighted by Crippen LogP contribution is 2.27. The molecule has 1 aromatic heterocycles. The molecular weight excluding hydrogens is 366 g/mol. The summed E-state index contributed by atoms with van der Waals surface area (Å²) in [6.07, 6.45) is 1.71. The molecule has 4 nitrogen and oxygen atoms in total. The molecule has 1 N–H and O–H groups in total. The Hall–Kier alpha value is -2.37. The van der Waals surface area contributed by atoms with E-state index in [2.05, 4.69) is 47.6 Å². The summed E-state index contributed by atoms with van der Waals surface area (Å²) in [4.78, 5) is 4.59. The minimum absolute atomic E-state index is 0.571. The number of benzene rings is 2. The summed E-state index contributed by atoms with van der Waals surface area (Å²) in [6, 6.07) is 11.9. The summed E-state index contributed by atoms with van der Waals surface area (Å²) >= 11 is 7.70. The van der Waals surface area contributed by atoms with Crippen molar-refractivity contribution in [1.29, 1.82) is 0 Å². The van der Waals surface area contributed by atoms with Crippen molar-refractivity contribution in [3.63, 3.8) is 0 Å². The minimum Gasteiger partial charge on any atom is -0.492 e. The van der Waals surface area contributed by atoms with E-state index in [9.17, 15) is 0 Å². The number of ether oxygens (including phenoxy) is 1. The largest absolute Gasteiger partial charge is 0.492 e. The zero-order chi connectivity index (χ0) is 18.5. The first-order valence-corrected chi connectivity index (χ1v) is 9.57. The average Bonchev–Trinajstić information content (AvgIpc) is 3.09. The molecular formula is C20H20ClN3OS. The van der Waals surface area contributed by atoms with E-state index >= 15 is 0 Å². The van der Waals surface area contributed by atoms with Gasteiger partial charge in [0.05, 0.1) is 23.5 Å². The van der Waals surface area contributed by atoms with Crippen molar-refractivity contribution in [1.82, 2.24) is 4.98 Å². The van der Waals surface area contributed by atoms with Crippen molar-refractivity contribution >= 4 is 34.3 Å². The number of aromatic nitrogens is 1. The molecule has 0 amide bonds. The maximum atomic E-state index is 6.18. The van der Waals surface area contributed by atoms with Crippen LogP contribution in [0.5, 0.6) is 5.75 Å². The monoisotopic (exact) mass is 385 g/mol. The lowest BCUT2D eigenvalue weighted by atomic mass is 10.1. The molecule has 0 unspecified atom stereocenters. The molecule has 0 radical (unpaired) electrons. The van der Waals surface area contributed by atoms with E-state index in [1.54, 1.807) is 6.21 Å². The van der Waals surface area contributed by atoms with Gasteiger partial charge >= 0.3 is 0 Å². The van der Waals surface area contributed by atoms with Crippen molar-refractivity contribution in [3.05, 3.63) is 63.5 Å². The Morgan fingerprint density at radius 2 is 2.04 bits per heavy atom. The number of hydrogen-bond donors (Lipinski definition) is 1. The first-order valence-electron chi connectivity index (χ1n) is 8.31. The predicted octanol–water partition coefficient (Wildman–Crippen LogP) is 5.93. The highest BCUT2D eigenvalue weighted by molar-refractivity contribution is 7.14. The second-order valence-electron chi connectivity index (χ2n) is 5.83. The molecule has 134 valence electrons. The fourth-order valence-corrected chi connectivity index (χ4v) is 3.30. The molecule has 0 bridgehead atoms. The Morgan fingerprint density at radius 1 is 1.19 bits per heavy atom. The van der Waals surface area contributed by atoms with Crippen molar-refractivity contribution in [2.75, 3.05) is 12.0 Å². The molecule has 0 saturated heterocycles. The van der Waals surface area contributed by atoms with Crippen LogP contribution in [0, 0.1) is 13.8 Å². The summed E-state index contributed by atoms with van der Waals surface area (Å²) in [6.45, 7) is 6.73. The van der Waals surface area contributed by atoms with Crippen molar-refractivity contribution in [2.45, 2.75) is 20.8 Å². The SMILES string of the molecule is CCOc1ccc(/C=N\Nc2nc(-c3ccc(C)c(C)c3)cs2)cc1Cl. The fraction of sp³-hybridized carbons (Fsp3) is 0.200. The lowest BCUT2D eigenvalue weighted by Gasteiger charge is -2.05. The van der Waals surface area contributed by atoms with Gasteiger partial charge in [0.15, 0.2) is 0 Å². The number of nitrogens with zero attached hydrogens (tertiary/aromatic N) is 2. The Labute approximate surface area is 162 Å². The molecule has 1 heterocycles. The zero-order valence-electron chi connectivity index (χ0n) is 14.9. The Balaban J connectivity index is 1.67. The third kappa shape index (κ3) is 4.42. The molecule has 0 aliphatic carbocycles. The van der Waals surface area contributed by atoms with Crippen molar-refractivity contribution < 1.29 is 4.74 Å². The van der Waals surface area contributed by atoms with Crippen LogP contribution in [0.4, 0.5) is 5.13 Å². The summed E-state index contributed by atoms with van der Waals surface area (Å²) in [7, 11) is 0. The van der Waals surface area contributed by atoms with E-state index in [1.165, 1.54) is 22.5 Å². The molecule has 0 spiro atoms. The molecule has 0 atom stereocenters. The molecule has 0 aliphatic rings. The van der Waals surface area contributed by atoms with E-state index in [0.717, 1.165) is 22.0 Å². The first kappa shape index (κ1) is 18.4. The first-order chi connectivity index (χ1) is 12.6. The van der Waals surface area contributed by atoms with Gasteiger partial charge in [0.25, 0.3) is 0 Å². The number of hydrogen-bond acceptors (Lipinski definition) is 5. The van der Waals surface area contributed by atoms with Crippen LogP contribution in [-0.4, -0.2) is 17.8 Å². The quantitative estimate of drug-likeness (QED) is 0.422. The Morgan fingerprint density at radius 3 is 2.77 bits per heavy atom. The average molecular weight is 386 g/mol. The molecule has 2 aromatic carbocycles. The number of rotatable bonds is 6. The second-order valence-corrected chi connectivity index (χ2v) is 7.10. The van der Waals surface area contributed by atoms with Crippen LogP contribution in [0.25, 0.3) is 11.3 Å². The molecule has 26 heavy (non-hydrogen) atoms. The standard InChI is InChI=1S/C20H20ClN3OS/c1-4-25-19-8-6-15(10-17(19)21)11-22-24-20-23-18(12-26-20)16-7-5-13(2)14(3)9-16/h5-12H,4H2,1-3H3,(H,23,24)/b22-11-. The van der Waals surface area contributed by atoms with Gasteiger partial charge in [-0.05, 0) is 61.7 Å². The van der Waals surface area contributed by atoms with E-state index in [0.29, 0.717) is 17.4 Å². The molecule has 3 aromatic rings. The highest BCUT2D eigenvalue weighted by atomic mass is 35.5. The number of thiazole rings is 1. The number of aryl methyl sites for hydroxylation is 2. The van der Waals surface area contributed by atoms with Gasteiger partial charge in [0, 0.05) is 10.9 Å². The fourth-order valence-electron chi connectivity index (χ4n) is 2.39. The van der Waals surface area contributed by atoms with Gasteiger partial charge in [0.2, 0.25) is 5.13 Å². The second kappa shape index (κ2) is 8.34. The third-order valence-corrected chi connectivity index (χ3v) is 4.98. The minimum atomic E-state index is 0.571. The zero-order valence-corrected chi connectivity index (χ0v) is 16.5. The number of halogens is 1. The summed E-state index contributed by atoms with van der Waals surface area (Å²) in [5.74, 6) is 0.678. The van der Waals surface area contributed by atoms with Gasteiger partial charge in [-0.1, -0.05) is 23.7 Å². The van der Waals surface area contributed by atoms with E-state index in [4.69, 9.17) is 16.3 Å². The predicted molar refractivity (Wildman–Crippen MR) is 111 cm³/mol. The Bertz CT molecular complexity index is 937. The smallest absolute Gasteiger partial charge is 0.203 e. The van der Waals surface area contributed by atoms with E-state index in [1.807, 2.05) is 30.5 Å².